The molecule has 2 N–H and O–H groups in total. The number of urea groups is 1. The fourth-order valence-electron chi connectivity index (χ4n) is 2.89. The van der Waals surface area contributed by atoms with Gasteiger partial charge in [-0.15, -0.1) is 0 Å². The molecule has 5 nitrogen and oxygen atoms in total. The number of rotatable bonds is 5. The van der Waals surface area contributed by atoms with Crippen molar-refractivity contribution in [1.82, 2.24) is 10.6 Å². The molecular formula is C20H18Cl2N2O3. The van der Waals surface area contributed by atoms with Gasteiger partial charge in [0.05, 0.1) is 28.3 Å². The maximum absolute atomic E-state index is 12.7. The van der Waals surface area contributed by atoms with Gasteiger partial charge in [-0.1, -0.05) is 59.6 Å². The van der Waals surface area contributed by atoms with E-state index in [1.54, 1.807) is 25.1 Å². The summed E-state index contributed by atoms with van der Waals surface area (Å²) >= 11 is 12.1. The van der Waals surface area contributed by atoms with Crippen LogP contribution >= 0.6 is 23.2 Å². The van der Waals surface area contributed by atoms with Crippen molar-refractivity contribution >= 4 is 35.2 Å². The fourth-order valence-corrected chi connectivity index (χ4v) is 3.20. The molecule has 1 atom stereocenters. The van der Waals surface area contributed by atoms with Crippen LogP contribution in [0.1, 0.15) is 24.1 Å². The first kappa shape index (κ1) is 19.3. The minimum Gasteiger partial charge on any atom is -0.462 e. The third-order valence-electron chi connectivity index (χ3n) is 4.23. The van der Waals surface area contributed by atoms with Crippen LogP contribution in [0.5, 0.6) is 0 Å². The van der Waals surface area contributed by atoms with E-state index in [0.717, 1.165) is 5.56 Å². The van der Waals surface area contributed by atoms with Crippen molar-refractivity contribution in [3.63, 3.8) is 0 Å². The van der Waals surface area contributed by atoms with Gasteiger partial charge in [0.2, 0.25) is 0 Å². The zero-order valence-electron chi connectivity index (χ0n) is 14.6. The van der Waals surface area contributed by atoms with Gasteiger partial charge >= 0.3 is 12.0 Å². The molecule has 1 unspecified atom stereocenters. The maximum atomic E-state index is 12.7. The lowest BCUT2D eigenvalue weighted by Crippen LogP contribution is -2.45. The molecule has 2 aromatic carbocycles. The standard InChI is InChI=1S/C20H18Cl2N2O3/c1-12-17(19(25)27-10-9-13-5-3-2-4-6-13)18(24-20(26)23-12)14-7-8-15(21)16(22)11-14/h2-8,11,18H,9-10H2,1H3,(H2,23,24,26). The Balaban J connectivity index is 1.78. The molecule has 1 heterocycles. The number of amides is 2. The third-order valence-corrected chi connectivity index (χ3v) is 4.97. The van der Waals surface area contributed by atoms with Crippen LogP contribution in [-0.2, 0) is 16.0 Å². The summed E-state index contributed by atoms with van der Waals surface area (Å²) in [6, 6.07) is 13.7. The maximum Gasteiger partial charge on any atom is 0.338 e. The average Bonchev–Trinajstić information content (AvgIpc) is 2.64. The molecule has 0 saturated carbocycles. The molecule has 2 amide bonds. The van der Waals surface area contributed by atoms with Crippen LogP contribution in [0.3, 0.4) is 0 Å². The van der Waals surface area contributed by atoms with Gasteiger partial charge in [0.25, 0.3) is 0 Å². The second-order valence-electron chi connectivity index (χ2n) is 6.12. The topological polar surface area (TPSA) is 67.4 Å². The predicted molar refractivity (Wildman–Crippen MR) is 105 cm³/mol. The van der Waals surface area contributed by atoms with Crippen LogP contribution in [0.2, 0.25) is 10.0 Å². The summed E-state index contributed by atoms with van der Waals surface area (Å²) in [6.45, 7) is 1.90. The van der Waals surface area contributed by atoms with Gasteiger partial charge in [-0.3, -0.25) is 0 Å². The van der Waals surface area contributed by atoms with Gasteiger partial charge in [-0.05, 0) is 30.2 Å². The zero-order chi connectivity index (χ0) is 19.4. The first-order valence-corrected chi connectivity index (χ1v) is 9.15. The quantitative estimate of drug-likeness (QED) is 0.725. The predicted octanol–water partition coefficient (Wildman–Crippen LogP) is 4.41. The minimum absolute atomic E-state index is 0.238. The lowest BCUT2D eigenvalue weighted by Gasteiger charge is -2.28. The van der Waals surface area contributed by atoms with Gasteiger partial charge in [-0.2, -0.15) is 0 Å². The van der Waals surface area contributed by atoms with Gasteiger partial charge in [0.1, 0.15) is 0 Å². The number of hydrogen-bond donors (Lipinski definition) is 2. The summed E-state index contributed by atoms with van der Waals surface area (Å²) < 4.78 is 5.45. The Hall–Kier alpha value is -2.50. The number of benzene rings is 2. The van der Waals surface area contributed by atoms with E-state index in [1.807, 2.05) is 30.3 Å². The molecule has 140 valence electrons. The highest BCUT2D eigenvalue weighted by atomic mass is 35.5. The summed E-state index contributed by atoms with van der Waals surface area (Å²) in [5.41, 5.74) is 2.50. The van der Waals surface area contributed by atoms with Crippen molar-refractivity contribution in [3.8, 4) is 0 Å². The Morgan fingerprint density at radius 2 is 1.85 bits per heavy atom. The molecule has 27 heavy (non-hydrogen) atoms. The number of carbonyl (C=O) groups is 2. The summed E-state index contributed by atoms with van der Waals surface area (Å²) in [5, 5.41) is 6.09. The molecule has 0 fully saturated rings. The van der Waals surface area contributed by atoms with Crippen LogP contribution in [0, 0.1) is 0 Å². The highest BCUT2D eigenvalue weighted by Crippen LogP contribution is 2.31. The van der Waals surface area contributed by atoms with Crippen LogP contribution < -0.4 is 10.6 Å². The summed E-state index contributed by atoms with van der Waals surface area (Å²) in [6.07, 6.45) is 0.607. The Morgan fingerprint density at radius 3 is 2.56 bits per heavy atom. The first-order valence-electron chi connectivity index (χ1n) is 8.40. The van der Waals surface area contributed by atoms with E-state index in [9.17, 15) is 9.59 Å². The number of allylic oxidation sites excluding steroid dienone is 1. The molecule has 1 aliphatic rings. The molecule has 0 spiro atoms. The summed E-state index contributed by atoms with van der Waals surface area (Å²) in [5.74, 6) is -0.494. The molecule has 0 bridgehead atoms. The molecule has 0 aromatic heterocycles. The fraction of sp³-hybridized carbons (Fsp3) is 0.200. The molecule has 3 rings (SSSR count). The summed E-state index contributed by atoms with van der Waals surface area (Å²) in [4.78, 5) is 24.6. The SMILES string of the molecule is CC1=C(C(=O)OCCc2ccccc2)C(c2ccc(Cl)c(Cl)c2)NC(=O)N1. The molecule has 1 aliphatic heterocycles. The van der Waals surface area contributed by atoms with E-state index >= 15 is 0 Å². The van der Waals surface area contributed by atoms with Crippen molar-refractivity contribution in [3.05, 3.63) is 81.0 Å². The van der Waals surface area contributed by atoms with E-state index < -0.39 is 18.0 Å². The van der Waals surface area contributed by atoms with Crippen LogP contribution in [0.15, 0.2) is 59.8 Å². The van der Waals surface area contributed by atoms with Crippen LogP contribution in [-0.4, -0.2) is 18.6 Å². The van der Waals surface area contributed by atoms with Crippen molar-refractivity contribution < 1.29 is 14.3 Å². The lowest BCUT2D eigenvalue weighted by atomic mass is 9.95. The smallest absolute Gasteiger partial charge is 0.338 e. The van der Waals surface area contributed by atoms with Crippen molar-refractivity contribution in [1.29, 1.82) is 0 Å². The number of nitrogens with one attached hydrogen (secondary N) is 2. The van der Waals surface area contributed by atoms with Gasteiger partial charge in [0.15, 0.2) is 0 Å². The second kappa shape index (κ2) is 8.46. The highest BCUT2D eigenvalue weighted by Gasteiger charge is 2.32. The number of halogens is 2. The molecule has 2 aromatic rings. The van der Waals surface area contributed by atoms with Gasteiger partial charge < -0.3 is 15.4 Å². The minimum atomic E-state index is -0.669. The normalized spacial score (nSPS) is 16.6. The van der Waals surface area contributed by atoms with Gasteiger partial charge in [-0.25, -0.2) is 9.59 Å². The number of hydrogen-bond acceptors (Lipinski definition) is 3. The van der Waals surface area contributed by atoms with E-state index in [0.29, 0.717) is 33.3 Å². The largest absolute Gasteiger partial charge is 0.462 e. The molecule has 7 heteroatoms. The molecular weight excluding hydrogens is 387 g/mol. The Bertz CT molecular complexity index is 897. The Labute approximate surface area is 167 Å². The number of ether oxygens (including phenoxy) is 1. The van der Waals surface area contributed by atoms with E-state index in [-0.39, 0.29) is 6.61 Å². The van der Waals surface area contributed by atoms with Crippen molar-refractivity contribution in [2.75, 3.05) is 6.61 Å². The van der Waals surface area contributed by atoms with Gasteiger partial charge in [0, 0.05) is 12.1 Å². The third kappa shape index (κ3) is 4.62. The Morgan fingerprint density at radius 1 is 1.11 bits per heavy atom. The van der Waals surface area contributed by atoms with E-state index in [4.69, 9.17) is 27.9 Å². The molecule has 0 saturated heterocycles. The number of esters is 1. The lowest BCUT2D eigenvalue weighted by molar-refractivity contribution is -0.139. The van der Waals surface area contributed by atoms with Crippen molar-refractivity contribution in [2.24, 2.45) is 0 Å². The van der Waals surface area contributed by atoms with E-state index in [1.165, 1.54) is 0 Å². The molecule has 0 radical (unpaired) electrons. The summed E-state index contributed by atoms with van der Waals surface area (Å²) in [7, 11) is 0. The monoisotopic (exact) mass is 404 g/mol. The molecule has 0 aliphatic carbocycles. The highest BCUT2D eigenvalue weighted by molar-refractivity contribution is 6.42. The first-order chi connectivity index (χ1) is 13.0. The number of carbonyl (C=O) groups excluding carboxylic acids is 2. The van der Waals surface area contributed by atoms with Crippen LogP contribution in [0.4, 0.5) is 4.79 Å². The van der Waals surface area contributed by atoms with E-state index in [2.05, 4.69) is 10.6 Å². The average molecular weight is 405 g/mol. The Kier molecular flexibility index (Phi) is 6.04. The van der Waals surface area contributed by atoms with Crippen LogP contribution in [0.25, 0.3) is 0 Å². The zero-order valence-corrected chi connectivity index (χ0v) is 16.1. The van der Waals surface area contributed by atoms with Crippen molar-refractivity contribution in [2.45, 2.75) is 19.4 Å². The second-order valence-corrected chi connectivity index (χ2v) is 6.93.